The van der Waals surface area contributed by atoms with Crippen LogP contribution in [0.4, 0.5) is 29.3 Å². The molecule has 10 nitrogen and oxygen atoms in total. The van der Waals surface area contributed by atoms with E-state index in [0.717, 1.165) is 60.6 Å². The van der Waals surface area contributed by atoms with Gasteiger partial charge in [-0.2, -0.15) is 13.2 Å². The number of nitrogens with zero attached hydrogens (tertiary/aromatic N) is 2. The molecular formula is C50H56ClF3N4O6S3. The van der Waals surface area contributed by atoms with Gasteiger partial charge in [-0.3, -0.25) is 0 Å². The van der Waals surface area contributed by atoms with Gasteiger partial charge in [0.1, 0.15) is 10.5 Å². The first-order valence-corrected chi connectivity index (χ1v) is 26.7. The average Bonchev–Trinajstić information content (AvgIpc) is 3.76. The summed E-state index contributed by atoms with van der Waals surface area (Å²) in [4.78, 5) is 16.1. The molecule has 0 aromatic heterocycles. The number of rotatable bonds is 16. The third kappa shape index (κ3) is 13.1. The Bertz CT molecular complexity index is 2700. The van der Waals surface area contributed by atoms with Crippen LogP contribution in [0.1, 0.15) is 64.0 Å². The number of likely N-dealkylation sites (tertiary alicyclic amines) is 1. The zero-order valence-corrected chi connectivity index (χ0v) is 40.8. The minimum atomic E-state index is -6.05. The fraction of sp³-hybridized carbons (Fsp3) is 0.380. The van der Waals surface area contributed by atoms with E-state index in [1.807, 2.05) is 72.8 Å². The Kier molecular flexibility index (Phi) is 15.9. The van der Waals surface area contributed by atoms with Gasteiger partial charge in [-0.25, -0.2) is 26.4 Å². The lowest BCUT2D eigenvalue weighted by molar-refractivity contribution is -0.0436. The van der Waals surface area contributed by atoms with Gasteiger partial charge in [0.05, 0.1) is 10.6 Å². The van der Waals surface area contributed by atoms with Crippen molar-refractivity contribution in [3.05, 3.63) is 137 Å². The van der Waals surface area contributed by atoms with Crippen molar-refractivity contribution in [1.29, 1.82) is 0 Å². The zero-order valence-electron chi connectivity index (χ0n) is 37.6. The molecule has 2 fully saturated rings. The normalized spacial score (nSPS) is 16.8. The van der Waals surface area contributed by atoms with Crippen molar-refractivity contribution < 1.29 is 39.5 Å². The summed E-state index contributed by atoms with van der Waals surface area (Å²) in [6.45, 7) is 7.22. The Morgan fingerprint density at radius 3 is 2.18 bits per heavy atom. The summed E-state index contributed by atoms with van der Waals surface area (Å²) in [5.74, 6) is 0.789. The molecule has 2 aliphatic rings. The SMILES string of the molecule is CC(C)(C)OC(=O)N1CCC[C@@H]1C[C@H](CSc1ccccc1)Nc1ccc(S(=O)(=O)NCc2ccc(N3CCC(Cc4ccccc4-c4ccc(Cl)cc4)CC3)cc2)cc1S(=O)(=O)C(F)(F)F. The molecule has 17 heteroatoms. The largest absolute Gasteiger partial charge is 0.501 e. The summed E-state index contributed by atoms with van der Waals surface area (Å²) in [6.07, 6.45) is 3.98. The number of benzene rings is 5. The number of hydrogen-bond donors (Lipinski definition) is 2. The van der Waals surface area contributed by atoms with Crippen LogP contribution in [0.2, 0.25) is 5.02 Å². The molecule has 2 N–H and O–H groups in total. The van der Waals surface area contributed by atoms with Crippen molar-refractivity contribution in [2.45, 2.75) is 104 Å². The number of ether oxygens (including phenoxy) is 1. The van der Waals surface area contributed by atoms with Gasteiger partial charge in [0, 0.05) is 59.6 Å². The molecule has 0 saturated carbocycles. The number of sulfone groups is 1. The van der Waals surface area contributed by atoms with Crippen LogP contribution in [0, 0.1) is 5.92 Å². The second kappa shape index (κ2) is 21.3. The Hall–Kier alpha value is -4.74. The first kappa shape index (κ1) is 50.1. The van der Waals surface area contributed by atoms with E-state index in [4.69, 9.17) is 16.3 Å². The van der Waals surface area contributed by atoms with Crippen LogP contribution in [0.15, 0.2) is 136 Å². The highest BCUT2D eigenvalue weighted by atomic mass is 35.5. The summed E-state index contributed by atoms with van der Waals surface area (Å²) in [5, 5.41) is 3.72. The number of amides is 1. The smallest absolute Gasteiger partial charge is 0.444 e. The lowest BCUT2D eigenvalue weighted by Crippen LogP contribution is -2.42. The molecule has 5 aromatic carbocycles. The Labute approximate surface area is 401 Å². The van der Waals surface area contributed by atoms with E-state index in [1.165, 1.54) is 22.9 Å². The summed E-state index contributed by atoms with van der Waals surface area (Å²) in [5.41, 5.74) is -1.65. The highest BCUT2D eigenvalue weighted by Gasteiger charge is 2.48. The molecule has 0 unspecified atom stereocenters. The number of alkyl halides is 3. The van der Waals surface area contributed by atoms with Crippen LogP contribution in [0.3, 0.4) is 0 Å². The predicted octanol–water partition coefficient (Wildman–Crippen LogP) is 11.6. The van der Waals surface area contributed by atoms with Gasteiger partial charge >= 0.3 is 11.6 Å². The maximum atomic E-state index is 14.3. The summed E-state index contributed by atoms with van der Waals surface area (Å²) < 4.78 is 105. The maximum Gasteiger partial charge on any atom is 0.501 e. The number of halogens is 4. The number of anilines is 2. The number of piperidine rings is 1. The van der Waals surface area contributed by atoms with Crippen molar-refractivity contribution in [3.63, 3.8) is 0 Å². The predicted molar refractivity (Wildman–Crippen MR) is 261 cm³/mol. The minimum absolute atomic E-state index is 0.187. The van der Waals surface area contributed by atoms with Crippen LogP contribution in [-0.4, -0.2) is 76.4 Å². The molecule has 358 valence electrons. The van der Waals surface area contributed by atoms with Crippen LogP contribution < -0.4 is 14.9 Å². The fourth-order valence-corrected chi connectivity index (χ4v) is 11.8. The zero-order chi connectivity index (χ0) is 48.0. The second-order valence-electron chi connectivity index (χ2n) is 18.1. The molecule has 0 spiro atoms. The third-order valence-corrected chi connectivity index (χ3v) is 16.4. The molecule has 1 amide bonds. The number of nitrogens with one attached hydrogen (secondary N) is 2. The van der Waals surface area contributed by atoms with Crippen LogP contribution in [0.25, 0.3) is 11.1 Å². The molecule has 67 heavy (non-hydrogen) atoms. The molecule has 7 rings (SSSR count). The van der Waals surface area contributed by atoms with Gasteiger partial charge in [-0.1, -0.05) is 78.3 Å². The van der Waals surface area contributed by atoms with Gasteiger partial charge < -0.3 is 19.9 Å². The molecule has 2 atom stereocenters. The second-order valence-corrected chi connectivity index (χ2v) is 23.3. The molecule has 0 radical (unpaired) electrons. The fourth-order valence-electron chi connectivity index (χ4n) is 8.61. The van der Waals surface area contributed by atoms with Crippen LogP contribution in [0.5, 0.6) is 0 Å². The molecule has 2 heterocycles. The van der Waals surface area contributed by atoms with Gasteiger partial charge in [-0.05, 0) is 142 Å². The minimum Gasteiger partial charge on any atom is -0.444 e. The van der Waals surface area contributed by atoms with Gasteiger partial charge in [0.25, 0.3) is 9.84 Å². The van der Waals surface area contributed by atoms with E-state index >= 15 is 0 Å². The summed E-state index contributed by atoms with van der Waals surface area (Å²) >= 11 is 7.54. The lowest BCUT2D eigenvalue weighted by Gasteiger charge is -2.34. The summed E-state index contributed by atoms with van der Waals surface area (Å²) in [6, 6.07) is 34.8. The number of sulfonamides is 1. The quantitative estimate of drug-likeness (QED) is 0.0930. The molecule has 2 saturated heterocycles. The molecule has 2 aliphatic heterocycles. The van der Waals surface area contributed by atoms with Crippen molar-refractivity contribution in [2.75, 3.05) is 35.6 Å². The maximum absolute atomic E-state index is 14.3. The number of carbonyl (C=O) groups is 1. The Morgan fingerprint density at radius 1 is 0.836 bits per heavy atom. The average molecular weight is 998 g/mol. The Balaban J connectivity index is 1.02. The van der Waals surface area contributed by atoms with Gasteiger partial charge in [0.15, 0.2) is 0 Å². The third-order valence-electron chi connectivity index (χ3n) is 12.0. The van der Waals surface area contributed by atoms with Gasteiger partial charge in [0.2, 0.25) is 10.0 Å². The molecule has 0 aliphatic carbocycles. The first-order chi connectivity index (χ1) is 31.8. The Morgan fingerprint density at radius 2 is 1.51 bits per heavy atom. The monoisotopic (exact) mass is 996 g/mol. The van der Waals surface area contributed by atoms with Crippen LogP contribution in [-0.2, 0) is 37.6 Å². The number of thioether (sulfide) groups is 1. The summed E-state index contributed by atoms with van der Waals surface area (Å²) in [7, 11) is -10.5. The van der Waals surface area contributed by atoms with E-state index in [1.54, 1.807) is 37.8 Å². The van der Waals surface area contributed by atoms with E-state index in [2.05, 4.69) is 33.1 Å². The van der Waals surface area contributed by atoms with Crippen molar-refractivity contribution in [2.24, 2.45) is 5.92 Å². The van der Waals surface area contributed by atoms with E-state index in [-0.39, 0.29) is 24.8 Å². The topological polar surface area (TPSA) is 125 Å². The van der Waals surface area contributed by atoms with Crippen molar-refractivity contribution in [3.8, 4) is 11.1 Å². The van der Waals surface area contributed by atoms with Crippen molar-refractivity contribution >= 4 is 60.7 Å². The number of carbonyl (C=O) groups excluding carboxylic acids is 1. The van der Waals surface area contributed by atoms with E-state index in [0.29, 0.717) is 42.0 Å². The lowest BCUT2D eigenvalue weighted by atomic mass is 9.87. The standard InChI is InChI=1S/C50H56ClF3N4O6S3/c1-49(2,3)64-48(59)58-27-9-11-42(58)31-40(34-65-43-12-5-4-6-13-43)56-46-24-23-44(32-47(46)66(60,61)50(52,53)54)67(62,63)55-33-36-15-21-41(22-16-36)57-28-25-35(26-29-57)30-38-10-7-8-14-45(38)37-17-19-39(51)20-18-37/h4-8,10,12-24,32,35,40,42,55-56H,9,11,25-31,33-34H2,1-3H3/t40-,42-/m1/s1. The van der Waals surface area contributed by atoms with Crippen molar-refractivity contribution in [1.82, 2.24) is 9.62 Å². The number of hydrogen-bond acceptors (Lipinski definition) is 9. The van der Waals surface area contributed by atoms with E-state index < -0.39 is 58.6 Å². The van der Waals surface area contributed by atoms with Gasteiger partial charge in [-0.15, -0.1) is 11.8 Å². The molecule has 0 bridgehead atoms. The van der Waals surface area contributed by atoms with Crippen LogP contribution >= 0.6 is 23.4 Å². The van der Waals surface area contributed by atoms with E-state index in [9.17, 15) is 34.8 Å². The highest BCUT2D eigenvalue weighted by Crippen LogP contribution is 2.38. The first-order valence-electron chi connectivity index (χ1n) is 22.3. The molecular weight excluding hydrogens is 941 g/mol. The molecule has 5 aromatic rings. The highest BCUT2D eigenvalue weighted by molar-refractivity contribution is 7.99.